The molecule has 4 heteroatoms. The standard InChI is InChI=1S/C16H28ClN3/c1-7-8-12(2)20(6)15-10-9-13(17)14(19-15)11-18-16(3,4)5/h9-10,12,18H,7-8,11H2,1-6H3. The summed E-state index contributed by atoms with van der Waals surface area (Å²) < 4.78 is 0. The highest BCUT2D eigenvalue weighted by molar-refractivity contribution is 6.31. The number of anilines is 1. The zero-order chi connectivity index (χ0) is 15.3. The summed E-state index contributed by atoms with van der Waals surface area (Å²) in [5, 5.41) is 4.16. The summed E-state index contributed by atoms with van der Waals surface area (Å²) in [6.45, 7) is 11.5. The lowest BCUT2D eigenvalue weighted by Gasteiger charge is -2.27. The highest BCUT2D eigenvalue weighted by atomic mass is 35.5. The molecule has 0 fully saturated rings. The van der Waals surface area contributed by atoms with Gasteiger partial charge in [0.2, 0.25) is 0 Å². The molecule has 20 heavy (non-hydrogen) atoms. The third-order valence-electron chi connectivity index (χ3n) is 3.42. The molecule has 1 heterocycles. The van der Waals surface area contributed by atoms with Gasteiger partial charge in [-0.1, -0.05) is 24.9 Å². The molecule has 0 radical (unpaired) electrons. The third-order valence-corrected chi connectivity index (χ3v) is 3.76. The molecule has 1 rings (SSSR count). The summed E-state index contributed by atoms with van der Waals surface area (Å²) in [5.41, 5.74) is 0.970. The highest BCUT2D eigenvalue weighted by Crippen LogP contribution is 2.21. The van der Waals surface area contributed by atoms with Crippen molar-refractivity contribution in [3.8, 4) is 0 Å². The second kappa shape index (κ2) is 7.28. The van der Waals surface area contributed by atoms with E-state index in [1.54, 1.807) is 0 Å². The Morgan fingerprint density at radius 3 is 2.55 bits per heavy atom. The highest BCUT2D eigenvalue weighted by Gasteiger charge is 2.14. The van der Waals surface area contributed by atoms with Crippen LogP contribution in [-0.2, 0) is 6.54 Å². The Bertz CT molecular complexity index is 426. The van der Waals surface area contributed by atoms with Crippen LogP contribution in [0.3, 0.4) is 0 Å². The molecular weight excluding hydrogens is 270 g/mol. The molecule has 1 unspecified atom stereocenters. The molecule has 1 aromatic heterocycles. The SMILES string of the molecule is CCCC(C)N(C)c1ccc(Cl)c(CNC(C)(C)C)n1. The van der Waals surface area contributed by atoms with E-state index in [4.69, 9.17) is 16.6 Å². The molecule has 0 aromatic carbocycles. The van der Waals surface area contributed by atoms with Crippen molar-refractivity contribution in [2.24, 2.45) is 0 Å². The normalized spacial score (nSPS) is 13.3. The lowest BCUT2D eigenvalue weighted by molar-refractivity contribution is 0.421. The van der Waals surface area contributed by atoms with Crippen LogP contribution in [0.5, 0.6) is 0 Å². The molecule has 1 atom stereocenters. The van der Waals surface area contributed by atoms with Crippen LogP contribution in [0.4, 0.5) is 5.82 Å². The molecule has 3 nitrogen and oxygen atoms in total. The van der Waals surface area contributed by atoms with Crippen LogP contribution in [-0.4, -0.2) is 23.6 Å². The van der Waals surface area contributed by atoms with E-state index >= 15 is 0 Å². The van der Waals surface area contributed by atoms with Crippen LogP contribution < -0.4 is 10.2 Å². The Kier molecular flexibility index (Phi) is 6.28. The quantitative estimate of drug-likeness (QED) is 0.851. The summed E-state index contributed by atoms with van der Waals surface area (Å²) >= 11 is 6.25. The Hall–Kier alpha value is -0.800. The van der Waals surface area contributed by atoms with Gasteiger partial charge in [0.25, 0.3) is 0 Å². The molecule has 0 aliphatic carbocycles. The molecule has 0 spiro atoms. The van der Waals surface area contributed by atoms with Gasteiger partial charge in [0.1, 0.15) is 5.82 Å². The van der Waals surface area contributed by atoms with Gasteiger partial charge in [0, 0.05) is 25.2 Å². The third kappa shape index (κ3) is 5.29. The number of nitrogens with zero attached hydrogens (tertiary/aromatic N) is 2. The van der Waals surface area contributed by atoms with Gasteiger partial charge in [-0.25, -0.2) is 4.98 Å². The molecule has 0 aliphatic heterocycles. The first-order chi connectivity index (χ1) is 9.24. The van der Waals surface area contributed by atoms with Crippen LogP contribution in [0.25, 0.3) is 0 Å². The van der Waals surface area contributed by atoms with Crippen molar-refractivity contribution >= 4 is 17.4 Å². The fourth-order valence-electron chi connectivity index (χ4n) is 1.98. The first-order valence-electron chi connectivity index (χ1n) is 7.38. The van der Waals surface area contributed by atoms with Crippen molar-refractivity contribution in [2.45, 2.75) is 65.6 Å². The van der Waals surface area contributed by atoms with Crippen molar-refractivity contribution in [2.75, 3.05) is 11.9 Å². The van der Waals surface area contributed by atoms with Crippen molar-refractivity contribution in [3.63, 3.8) is 0 Å². The zero-order valence-electron chi connectivity index (χ0n) is 13.6. The number of rotatable bonds is 6. The topological polar surface area (TPSA) is 28.2 Å². The van der Waals surface area contributed by atoms with E-state index in [2.05, 4.69) is 51.9 Å². The molecule has 1 N–H and O–H groups in total. The second-order valence-electron chi connectivity index (χ2n) is 6.45. The van der Waals surface area contributed by atoms with Crippen LogP contribution in [0.15, 0.2) is 12.1 Å². The number of nitrogens with one attached hydrogen (secondary N) is 1. The molecular formula is C16H28ClN3. The second-order valence-corrected chi connectivity index (χ2v) is 6.86. The minimum absolute atomic E-state index is 0.0580. The van der Waals surface area contributed by atoms with Crippen molar-refractivity contribution in [1.29, 1.82) is 0 Å². The lowest BCUT2D eigenvalue weighted by Crippen LogP contribution is -2.35. The Labute approximate surface area is 128 Å². The Morgan fingerprint density at radius 1 is 1.35 bits per heavy atom. The number of hydrogen-bond donors (Lipinski definition) is 1. The average Bonchev–Trinajstić information content (AvgIpc) is 2.36. The van der Waals surface area contributed by atoms with Crippen LogP contribution in [0.1, 0.15) is 53.2 Å². The number of hydrogen-bond acceptors (Lipinski definition) is 3. The monoisotopic (exact) mass is 297 g/mol. The van der Waals surface area contributed by atoms with Gasteiger partial charge in [0.15, 0.2) is 0 Å². The minimum Gasteiger partial charge on any atom is -0.357 e. The van der Waals surface area contributed by atoms with Gasteiger partial charge in [-0.05, 0) is 46.2 Å². The maximum atomic E-state index is 6.25. The molecule has 0 saturated carbocycles. The fraction of sp³-hybridized carbons (Fsp3) is 0.688. The van der Waals surface area contributed by atoms with E-state index in [-0.39, 0.29) is 5.54 Å². The summed E-state index contributed by atoms with van der Waals surface area (Å²) in [4.78, 5) is 6.93. The predicted octanol–water partition coefficient (Wildman–Crippen LogP) is 4.25. The molecule has 0 saturated heterocycles. The van der Waals surface area contributed by atoms with E-state index in [1.807, 2.05) is 12.1 Å². The smallest absolute Gasteiger partial charge is 0.128 e. The van der Waals surface area contributed by atoms with Crippen LogP contribution in [0, 0.1) is 0 Å². The van der Waals surface area contributed by atoms with E-state index in [0.29, 0.717) is 12.6 Å². The van der Waals surface area contributed by atoms with Gasteiger partial charge in [-0.3, -0.25) is 0 Å². The van der Waals surface area contributed by atoms with E-state index in [1.165, 1.54) is 6.42 Å². The molecule has 1 aromatic rings. The number of pyridine rings is 1. The molecule has 0 amide bonds. The summed E-state index contributed by atoms with van der Waals surface area (Å²) in [5.74, 6) is 0.987. The van der Waals surface area contributed by atoms with Crippen molar-refractivity contribution in [1.82, 2.24) is 10.3 Å². The average molecular weight is 298 g/mol. The number of halogens is 1. The summed E-state index contributed by atoms with van der Waals surface area (Å²) in [6.07, 6.45) is 2.34. The van der Waals surface area contributed by atoms with Gasteiger partial charge >= 0.3 is 0 Å². The predicted molar refractivity (Wildman–Crippen MR) is 88.6 cm³/mol. The lowest BCUT2D eigenvalue weighted by atomic mass is 10.1. The van der Waals surface area contributed by atoms with Gasteiger partial charge in [-0.2, -0.15) is 0 Å². The maximum absolute atomic E-state index is 6.25. The Morgan fingerprint density at radius 2 is 2.00 bits per heavy atom. The largest absolute Gasteiger partial charge is 0.357 e. The molecule has 114 valence electrons. The Balaban J connectivity index is 2.85. The summed E-state index contributed by atoms with van der Waals surface area (Å²) in [6, 6.07) is 4.42. The van der Waals surface area contributed by atoms with Crippen LogP contribution in [0.2, 0.25) is 5.02 Å². The van der Waals surface area contributed by atoms with Crippen molar-refractivity contribution < 1.29 is 0 Å². The molecule has 0 aliphatic rings. The first kappa shape index (κ1) is 17.3. The molecule has 0 bridgehead atoms. The van der Waals surface area contributed by atoms with E-state index in [9.17, 15) is 0 Å². The van der Waals surface area contributed by atoms with Crippen molar-refractivity contribution in [3.05, 3.63) is 22.8 Å². The van der Waals surface area contributed by atoms with Gasteiger partial charge in [-0.15, -0.1) is 0 Å². The first-order valence-corrected chi connectivity index (χ1v) is 7.75. The fourth-order valence-corrected chi connectivity index (χ4v) is 2.15. The zero-order valence-corrected chi connectivity index (χ0v) is 14.4. The van der Waals surface area contributed by atoms with Gasteiger partial charge < -0.3 is 10.2 Å². The van der Waals surface area contributed by atoms with Gasteiger partial charge in [0.05, 0.1) is 10.7 Å². The van der Waals surface area contributed by atoms with Crippen LogP contribution >= 0.6 is 11.6 Å². The van der Waals surface area contributed by atoms with E-state index < -0.39 is 0 Å². The summed E-state index contributed by atoms with van der Waals surface area (Å²) in [7, 11) is 2.09. The maximum Gasteiger partial charge on any atom is 0.128 e. The van der Waals surface area contributed by atoms with E-state index in [0.717, 1.165) is 23.0 Å². The minimum atomic E-state index is 0.0580. The number of aromatic nitrogens is 1.